The molecule has 7 heteroatoms. The standard InChI is InChI=1S/C11H10BrNO4S/c12-6-2-9-8(16-4-17-9)1-5(6)10-13-7(3-18-10)11(14)15/h1-2,7,10,13H,3-4H2,(H,14,15). The van der Waals surface area contributed by atoms with Gasteiger partial charge in [0, 0.05) is 10.2 Å². The van der Waals surface area contributed by atoms with Gasteiger partial charge < -0.3 is 14.6 Å². The number of nitrogens with one attached hydrogen (secondary N) is 1. The minimum absolute atomic E-state index is 0.0463. The van der Waals surface area contributed by atoms with Crippen LogP contribution >= 0.6 is 27.7 Å². The third-order valence-corrected chi connectivity index (χ3v) is 4.79. The minimum Gasteiger partial charge on any atom is -0.480 e. The van der Waals surface area contributed by atoms with Gasteiger partial charge in [-0.3, -0.25) is 10.1 Å². The largest absolute Gasteiger partial charge is 0.480 e. The Labute approximate surface area is 116 Å². The lowest BCUT2D eigenvalue weighted by atomic mass is 10.2. The van der Waals surface area contributed by atoms with Gasteiger partial charge in [-0.1, -0.05) is 15.9 Å². The first-order valence-electron chi connectivity index (χ1n) is 5.34. The molecule has 0 radical (unpaired) electrons. The molecule has 0 saturated carbocycles. The number of hydrogen-bond donors (Lipinski definition) is 2. The molecule has 2 heterocycles. The number of hydrogen-bond acceptors (Lipinski definition) is 5. The predicted molar refractivity (Wildman–Crippen MR) is 70.0 cm³/mol. The fourth-order valence-corrected chi connectivity index (χ4v) is 3.89. The molecule has 0 amide bonds. The van der Waals surface area contributed by atoms with E-state index < -0.39 is 12.0 Å². The molecule has 5 nitrogen and oxygen atoms in total. The van der Waals surface area contributed by atoms with Crippen molar-refractivity contribution in [3.8, 4) is 11.5 Å². The average molecular weight is 332 g/mol. The van der Waals surface area contributed by atoms with E-state index in [1.165, 1.54) is 0 Å². The molecule has 0 spiro atoms. The zero-order chi connectivity index (χ0) is 12.7. The molecular weight excluding hydrogens is 322 g/mol. The third-order valence-electron chi connectivity index (χ3n) is 2.85. The summed E-state index contributed by atoms with van der Waals surface area (Å²) in [6, 6.07) is 3.24. The van der Waals surface area contributed by atoms with Crippen molar-refractivity contribution in [1.29, 1.82) is 0 Å². The number of carboxylic acid groups (broad SMARTS) is 1. The predicted octanol–water partition coefficient (Wildman–Crippen LogP) is 1.97. The van der Waals surface area contributed by atoms with Crippen molar-refractivity contribution in [2.75, 3.05) is 12.5 Å². The van der Waals surface area contributed by atoms with E-state index in [9.17, 15) is 4.79 Å². The van der Waals surface area contributed by atoms with E-state index in [-0.39, 0.29) is 12.2 Å². The molecule has 2 N–H and O–H groups in total. The zero-order valence-corrected chi connectivity index (χ0v) is 11.6. The van der Waals surface area contributed by atoms with Gasteiger partial charge >= 0.3 is 5.97 Å². The SMILES string of the molecule is O=C(O)C1CSC(c2cc3c(cc2Br)OCO3)N1. The Bertz CT molecular complexity index is 510. The molecule has 96 valence electrons. The summed E-state index contributed by atoms with van der Waals surface area (Å²) in [6.45, 7) is 0.230. The van der Waals surface area contributed by atoms with E-state index in [2.05, 4.69) is 21.2 Å². The van der Waals surface area contributed by atoms with Crippen LogP contribution in [0.4, 0.5) is 0 Å². The molecule has 0 bridgehead atoms. The van der Waals surface area contributed by atoms with Crippen molar-refractivity contribution in [2.45, 2.75) is 11.4 Å². The summed E-state index contributed by atoms with van der Waals surface area (Å²) in [4.78, 5) is 10.9. The summed E-state index contributed by atoms with van der Waals surface area (Å²) in [5.74, 6) is 1.15. The first-order valence-corrected chi connectivity index (χ1v) is 7.19. The number of rotatable bonds is 2. The van der Waals surface area contributed by atoms with Crippen LogP contribution in [-0.4, -0.2) is 29.7 Å². The molecule has 2 aliphatic heterocycles. The topological polar surface area (TPSA) is 67.8 Å². The molecule has 1 fully saturated rings. The second-order valence-electron chi connectivity index (χ2n) is 4.00. The van der Waals surface area contributed by atoms with Crippen molar-refractivity contribution in [3.05, 3.63) is 22.2 Å². The molecule has 0 aliphatic carbocycles. The van der Waals surface area contributed by atoms with Crippen molar-refractivity contribution >= 4 is 33.7 Å². The van der Waals surface area contributed by atoms with Crippen LogP contribution in [0.2, 0.25) is 0 Å². The Morgan fingerprint density at radius 3 is 2.83 bits per heavy atom. The fourth-order valence-electron chi connectivity index (χ4n) is 1.93. The molecule has 2 aliphatic rings. The first-order chi connectivity index (χ1) is 8.65. The number of ether oxygens (including phenoxy) is 2. The van der Waals surface area contributed by atoms with Gasteiger partial charge in [-0.15, -0.1) is 11.8 Å². The monoisotopic (exact) mass is 331 g/mol. The Balaban J connectivity index is 1.87. The van der Waals surface area contributed by atoms with Crippen LogP contribution in [0.5, 0.6) is 11.5 Å². The quantitative estimate of drug-likeness (QED) is 0.863. The smallest absolute Gasteiger partial charge is 0.321 e. The summed E-state index contributed by atoms with van der Waals surface area (Å²) in [5, 5.41) is 12.0. The molecule has 18 heavy (non-hydrogen) atoms. The van der Waals surface area contributed by atoms with Crippen LogP contribution in [0, 0.1) is 0 Å². The van der Waals surface area contributed by atoms with Gasteiger partial charge in [0.15, 0.2) is 11.5 Å². The number of carbonyl (C=O) groups is 1. The van der Waals surface area contributed by atoms with Gasteiger partial charge in [-0.25, -0.2) is 0 Å². The number of thioether (sulfide) groups is 1. The molecular formula is C11H10BrNO4S. The average Bonchev–Trinajstić information content (AvgIpc) is 2.94. The molecule has 1 aromatic carbocycles. The molecule has 3 rings (SSSR count). The van der Waals surface area contributed by atoms with E-state index in [0.29, 0.717) is 17.3 Å². The lowest BCUT2D eigenvalue weighted by Crippen LogP contribution is -2.33. The number of carboxylic acids is 1. The van der Waals surface area contributed by atoms with Gasteiger partial charge in [0.2, 0.25) is 6.79 Å². The van der Waals surface area contributed by atoms with Gasteiger partial charge in [-0.05, 0) is 17.7 Å². The molecule has 0 aromatic heterocycles. The number of halogens is 1. The highest BCUT2D eigenvalue weighted by Crippen LogP contribution is 2.43. The van der Waals surface area contributed by atoms with Crippen LogP contribution in [0.3, 0.4) is 0 Å². The van der Waals surface area contributed by atoms with Crippen molar-refractivity contribution in [3.63, 3.8) is 0 Å². The van der Waals surface area contributed by atoms with Crippen LogP contribution in [-0.2, 0) is 4.79 Å². The van der Waals surface area contributed by atoms with Crippen LogP contribution in [0.25, 0.3) is 0 Å². The maximum atomic E-state index is 10.9. The Hall–Kier alpha value is -0.920. The summed E-state index contributed by atoms with van der Waals surface area (Å²) < 4.78 is 11.5. The van der Waals surface area contributed by atoms with E-state index in [1.54, 1.807) is 11.8 Å². The minimum atomic E-state index is -0.818. The first kappa shape index (κ1) is 12.1. The second kappa shape index (κ2) is 4.64. The summed E-state index contributed by atoms with van der Waals surface area (Å²) >= 11 is 5.05. The summed E-state index contributed by atoms with van der Waals surface area (Å²) in [7, 11) is 0. The highest BCUT2D eigenvalue weighted by Gasteiger charge is 2.32. The van der Waals surface area contributed by atoms with Crippen molar-refractivity contribution < 1.29 is 19.4 Å². The number of benzene rings is 1. The lowest BCUT2D eigenvalue weighted by Gasteiger charge is -2.14. The van der Waals surface area contributed by atoms with E-state index in [0.717, 1.165) is 10.0 Å². The molecule has 1 saturated heterocycles. The van der Waals surface area contributed by atoms with Crippen LogP contribution in [0.1, 0.15) is 10.9 Å². The Morgan fingerprint density at radius 1 is 1.44 bits per heavy atom. The van der Waals surface area contributed by atoms with Gasteiger partial charge in [0.05, 0.1) is 5.37 Å². The van der Waals surface area contributed by atoms with Crippen molar-refractivity contribution in [1.82, 2.24) is 5.32 Å². The normalized spacial score (nSPS) is 25.4. The van der Waals surface area contributed by atoms with Crippen molar-refractivity contribution in [2.24, 2.45) is 0 Å². The highest BCUT2D eigenvalue weighted by molar-refractivity contribution is 9.10. The van der Waals surface area contributed by atoms with Gasteiger partial charge in [0.25, 0.3) is 0 Å². The highest BCUT2D eigenvalue weighted by atomic mass is 79.9. The van der Waals surface area contributed by atoms with E-state index >= 15 is 0 Å². The van der Waals surface area contributed by atoms with Gasteiger partial charge in [0.1, 0.15) is 6.04 Å². The maximum absolute atomic E-state index is 10.9. The molecule has 2 atom stereocenters. The number of aliphatic carboxylic acids is 1. The molecule has 1 aromatic rings. The lowest BCUT2D eigenvalue weighted by molar-refractivity contribution is -0.138. The van der Waals surface area contributed by atoms with E-state index in [4.69, 9.17) is 14.6 Å². The Kier molecular flexibility index (Phi) is 3.13. The zero-order valence-electron chi connectivity index (χ0n) is 9.18. The fraction of sp³-hybridized carbons (Fsp3) is 0.364. The maximum Gasteiger partial charge on any atom is 0.321 e. The third kappa shape index (κ3) is 2.06. The van der Waals surface area contributed by atoms with Crippen LogP contribution < -0.4 is 14.8 Å². The summed E-state index contributed by atoms with van der Waals surface area (Å²) in [6.07, 6.45) is 0. The Morgan fingerprint density at radius 2 is 2.17 bits per heavy atom. The molecule has 2 unspecified atom stereocenters. The van der Waals surface area contributed by atoms with E-state index in [1.807, 2.05) is 12.1 Å². The van der Waals surface area contributed by atoms with Gasteiger partial charge in [-0.2, -0.15) is 0 Å². The summed E-state index contributed by atoms with van der Waals surface area (Å²) in [5.41, 5.74) is 0.980. The second-order valence-corrected chi connectivity index (χ2v) is 5.99. The van der Waals surface area contributed by atoms with Crippen LogP contribution in [0.15, 0.2) is 16.6 Å². The number of fused-ring (bicyclic) bond motifs is 1.